The van der Waals surface area contributed by atoms with E-state index >= 15 is 0 Å². The molecule has 1 aromatic rings. The van der Waals surface area contributed by atoms with Crippen LogP contribution >= 0.6 is 11.6 Å². The summed E-state index contributed by atoms with van der Waals surface area (Å²) >= 11 is 5.73. The molecule has 0 atom stereocenters. The van der Waals surface area contributed by atoms with Gasteiger partial charge in [-0.1, -0.05) is 11.6 Å². The van der Waals surface area contributed by atoms with Gasteiger partial charge in [-0.3, -0.25) is 4.79 Å². The Morgan fingerprint density at radius 2 is 2.23 bits per heavy atom. The maximum atomic E-state index is 11.3. The highest BCUT2D eigenvalue weighted by molar-refractivity contribution is 6.30. The molecule has 0 spiro atoms. The van der Waals surface area contributed by atoms with Gasteiger partial charge in [0.25, 0.3) is 5.91 Å². The lowest BCUT2D eigenvalue weighted by atomic mass is 10.2. The number of benzene rings is 1. The Labute approximate surface area is 81.7 Å². The van der Waals surface area contributed by atoms with Crippen LogP contribution in [0.1, 0.15) is 10.4 Å². The van der Waals surface area contributed by atoms with Crippen molar-refractivity contribution < 1.29 is 9.53 Å². The minimum Gasteiger partial charge on any atom is -0.496 e. The fourth-order valence-corrected chi connectivity index (χ4v) is 1.15. The van der Waals surface area contributed by atoms with Crippen LogP contribution in [0.5, 0.6) is 5.75 Å². The lowest BCUT2D eigenvalue weighted by Gasteiger charge is -2.06. The minimum absolute atomic E-state index is 0.187. The molecule has 0 bridgehead atoms. The molecule has 1 rings (SSSR count). The highest BCUT2D eigenvalue weighted by Gasteiger charge is 2.10. The zero-order valence-corrected chi connectivity index (χ0v) is 8.18. The van der Waals surface area contributed by atoms with Crippen molar-refractivity contribution in [1.82, 2.24) is 5.32 Å². The lowest BCUT2D eigenvalue weighted by molar-refractivity contribution is 0.0960. The van der Waals surface area contributed by atoms with Gasteiger partial charge >= 0.3 is 0 Å². The normalized spacial score (nSPS) is 9.46. The van der Waals surface area contributed by atoms with E-state index in [1.165, 1.54) is 7.11 Å². The molecule has 4 heteroatoms. The predicted molar refractivity (Wildman–Crippen MR) is 51.4 cm³/mol. The van der Waals surface area contributed by atoms with Crippen molar-refractivity contribution in [2.45, 2.75) is 0 Å². The van der Waals surface area contributed by atoms with E-state index in [-0.39, 0.29) is 5.91 Å². The third kappa shape index (κ3) is 2.12. The molecular formula is C9H10ClNO2. The Bertz CT molecular complexity index is 325. The van der Waals surface area contributed by atoms with E-state index in [1.807, 2.05) is 0 Å². The average molecular weight is 200 g/mol. The summed E-state index contributed by atoms with van der Waals surface area (Å²) in [4.78, 5) is 11.3. The molecule has 1 amide bonds. The average Bonchev–Trinajstić information content (AvgIpc) is 2.16. The van der Waals surface area contributed by atoms with Crippen LogP contribution in [0.3, 0.4) is 0 Å². The number of hydrogen-bond acceptors (Lipinski definition) is 2. The summed E-state index contributed by atoms with van der Waals surface area (Å²) in [5.74, 6) is 0.292. The first-order chi connectivity index (χ1) is 6.19. The number of halogens is 1. The zero-order chi connectivity index (χ0) is 9.84. The van der Waals surface area contributed by atoms with Crippen LogP contribution in [-0.2, 0) is 0 Å². The summed E-state index contributed by atoms with van der Waals surface area (Å²) < 4.78 is 5.00. The van der Waals surface area contributed by atoms with E-state index in [2.05, 4.69) is 5.32 Å². The fourth-order valence-electron chi connectivity index (χ4n) is 0.987. The van der Waals surface area contributed by atoms with Gasteiger partial charge in [0.15, 0.2) is 0 Å². The molecule has 0 heterocycles. The number of hydrogen-bond donors (Lipinski definition) is 1. The number of methoxy groups -OCH3 is 1. The molecule has 0 saturated heterocycles. The van der Waals surface area contributed by atoms with Gasteiger partial charge < -0.3 is 10.1 Å². The first-order valence-corrected chi connectivity index (χ1v) is 4.12. The second-order valence-electron chi connectivity index (χ2n) is 2.42. The molecule has 0 unspecified atom stereocenters. The van der Waals surface area contributed by atoms with Crippen molar-refractivity contribution >= 4 is 17.5 Å². The summed E-state index contributed by atoms with van der Waals surface area (Å²) in [7, 11) is 3.06. The lowest BCUT2D eigenvalue weighted by Crippen LogP contribution is -2.18. The summed E-state index contributed by atoms with van der Waals surface area (Å²) in [6, 6.07) is 4.88. The summed E-state index contributed by atoms with van der Waals surface area (Å²) in [6.07, 6.45) is 0. The molecule has 0 fully saturated rings. The second kappa shape index (κ2) is 4.14. The molecule has 1 aromatic carbocycles. The molecular weight excluding hydrogens is 190 g/mol. The highest BCUT2D eigenvalue weighted by atomic mass is 35.5. The maximum absolute atomic E-state index is 11.3. The molecule has 3 nitrogen and oxygen atoms in total. The number of rotatable bonds is 2. The maximum Gasteiger partial charge on any atom is 0.254 e. The van der Waals surface area contributed by atoms with Gasteiger partial charge in [0, 0.05) is 12.1 Å². The van der Waals surface area contributed by atoms with Crippen LogP contribution < -0.4 is 10.1 Å². The molecule has 0 aliphatic heterocycles. The van der Waals surface area contributed by atoms with Gasteiger partial charge in [-0.2, -0.15) is 0 Å². The van der Waals surface area contributed by atoms with Crippen molar-refractivity contribution in [3.63, 3.8) is 0 Å². The predicted octanol–water partition coefficient (Wildman–Crippen LogP) is 1.71. The number of carbonyl (C=O) groups is 1. The van der Waals surface area contributed by atoms with Crippen molar-refractivity contribution in [3.8, 4) is 5.75 Å². The monoisotopic (exact) mass is 199 g/mol. The Hall–Kier alpha value is -1.22. The van der Waals surface area contributed by atoms with Crippen LogP contribution in [0.25, 0.3) is 0 Å². The largest absolute Gasteiger partial charge is 0.496 e. The van der Waals surface area contributed by atoms with E-state index in [1.54, 1.807) is 25.2 Å². The van der Waals surface area contributed by atoms with Crippen LogP contribution in [0.15, 0.2) is 18.2 Å². The number of nitrogens with one attached hydrogen (secondary N) is 1. The van der Waals surface area contributed by atoms with E-state index < -0.39 is 0 Å². The standard InChI is InChI=1S/C9H10ClNO2/c1-11-9(12)7-4-3-6(10)5-8(7)13-2/h3-5H,1-2H3,(H,11,12). The van der Waals surface area contributed by atoms with E-state index in [0.29, 0.717) is 16.3 Å². The first kappa shape index (κ1) is 9.86. The van der Waals surface area contributed by atoms with E-state index in [4.69, 9.17) is 16.3 Å². The number of amides is 1. The van der Waals surface area contributed by atoms with Gasteiger partial charge in [0.05, 0.1) is 12.7 Å². The van der Waals surface area contributed by atoms with Crippen LogP contribution in [0, 0.1) is 0 Å². The quantitative estimate of drug-likeness (QED) is 0.788. The van der Waals surface area contributed by atoms with Crippen molar-refractivity contribution in [1.29, 1.82) is 0 Å². The molecule has 0 saturated carbocycles. The summed E-state index contributed by atoms with van der Waals surface area (Å²) in [5, 5.41) is 3.06. The molecule has 0 aliphatic rings. The van der Waals surface area contributed by atoms with Crippen LogP contribution in [0.4, 0.5) is 0 Å². The summed E-state index contributed by atoms with van der Waals surface area (Å²) in [6.45, 7) is 0. The highest BCUT2D eigenvalue weighted by Crippen LogP contribution is 2.22. The van der Waals surface area contributed by atoms with E-state index in [9.17, 15) is 4.79 Å². The molecule has 70 valence electrons. The fraction of sp³-hybridized carbons (Fsp3) is 0.222. The topological polar surface area (TPSA) is 38.3 Å². The van der Waals surface area contributed by atoms with Gasteiger partial charge in [0.1, 0.15) is 5.75 Å². The van der Waals surface area contributed by atoms with Crippen LogP contribution in [0.2, 0.25) is 5.02 Å². The Morgan fingerprint density at radius 3 is 2.77 bits per heavy atom. The Kier molecular flexibility index (Phi) is 3.14. The molecule has 1 N–H and O–H groups in total. The van der Waals surface area contributed by atoms with Crippen LogP contribution in [-0.4, -0.2) is 20.1 Å². The van der Waals surface area contributed by atoms with Crippen molar-refractivity contribution in [2.75, 3.05) is 14.2 Å². The third-order valence-corrected chi connectivity index (χ3v) is 1.87. The third-order valence-electron chi connectivity index (χ3n) is 1.64. The second-order valence-corrected chi connectivity index (χ2v) is 2.86. The molecule has 0 radical (unpaired) electrons. The molecule has 0 aliphatic carbocycles. The first-order valence-electron chi connectivity index (χ1n) is 3.74. The van der Waals surface area contributed by atoms with Gasteiger partial charge in [0.2, 0.25) is 0 Å². The number of ether oxygens (including phenoxy) is 1. The zero-order valence-electron chi connectivity index (χ0n) is 7.43. The smallest absolute Gasteiger partial charge is 0.254 e. The van der Waals surface area contributed by atoms with Crippen molar-refractivity contribution in [2.24, 2.45) is 0 Å². The molecule has 13 heavy (non-hydrogen) atoms. The minimum atomic E-state index is -0.187. The summed E-state index contributed by atoms with van der Waals surface area (Å²) in [5.41, 5.74) is 0.481. The Balaban J connectivity index is 3.13. The van der Waals surface area contributed by atoms with Crippen molar-refractivity contribution in [3.05, 3.63) is 28.8 Å². The molecule has 0 aromatic heterocycles. The van der Waals surface area contributed by atoms with E-state index in [0.717, 1.165) is 0 Å². The van der Waals surface area contributed by atoms with Gasteiger partial charge in [-0.05, 0) is 18.2 Å². The number of carbonyl (C=O) groups excluding carboxylic acids is 1. The SMILES string of the molecule is CNC(=O)c1ccc(Cl)cc1OC. The Morgan fingerprint density at radius 1 is 1.54 bits per heavy atom. The van der Waals surface area contributed by atoms with Gasteiger partial charge in [-0.25, -0.2) is 0 Å². The van der Waals surface area contributed by atoms with Gasteiger partial charge in [-0.15, -0.1) is 0 Å².